The number of aromatic hydroxyl groups is 4. The molecule has 0 radical (unpaired) electrons. The van der Waals surface area contributed by atoms with Gasteiger partial charge in [0, 0.05) is 6.08 Å². The molecule has 10 atom stereocenters. The average Bonchev–Trinajstić information content (AvgIpc) is 2.99. The Bertz CT molecular complexity index is 1300. The number of aliphatic hydroxyl groups is 5. The highest BCUT2D eigenvalue weighted by Crippen LogP contribution is 2.29. The van der Waals surface area contributed by atoms with Gasteiger partial charge in [-0.2, -0.15) is 0 Å². The van der Waals surface area contributed by atoms with Gasteiger partial charge in [0.05, 0.1) is 19.3 Å². The van der Waals surface area contributed by atoms with Crippen LogP contribution >= 0.6 is 0 Å². The van der Waals surface area contributed by atoms with E-state index in [1.807, 2.05) is 0 Å². The number of phenolic OH excluding ortho intramolecular Hbond substituents is 4. The van der Waals surface area contributed by atoms with Crippen LogP contribution < -0.4 is 0 Å². The maximum Gasteiger partial charge on any atom is 0.331 e. The molecule has 2 heterocycles. The number of esters is 1. The van der Waals surface area contributed by atoms with Crippen molar-refractivity contribution in [2.24, 2.45) is 0 Å². The van der Waals surface area contributed by atoms with E-state index in [2.05, 4.69) is 0 Å². The van der Waals surface area contributed by atoms with E-state index < -0.39 is 79.7 Å². The Balaban J connectivity index is 1.45. The molecule has 0 bridgehead atoms. The third-order valence-electron chi connectivity index (χ3n) is 7.25. The van der Waals surface area contributed by atoms with Gasteiger partial charge < -0.3 is 69.6 Å². The van der Waals surface area contributed by atoms with Crippen molar-refractivity contribution < 1.29 is 74.4 Å². The predicted molar refractivity (Wildman–Crippen MR) is 147 cm³/mol. The van der Waals surface area contributed by atoms with Gasteiger partial charge in [-0.15, -0.1) is 0 Å². The Hall–Kier alpha value is -3.51. The second kappa shape index (κ2) is 14.5. The van der Waals surface area contributed by atoms with E-state index in [0.29, 0.717) is 11.1 Å². The topological polar surface area (TPSA) is 245 Å². The first kappa shape index (κ1) is 33.4. The number of hydrogen-bond acceptors (Lipinski definition) is 15. The zero-order chi connectivity index (χ0) is 32.1. The Morgan fingerprint density at radius 1 is 0.773 bits per heavy atom. The Labute approximate surface area is 251 Å². The molecule has 242 valence electrons. The molecule has 2 aromatic carbocycles. The number of ether oxygens (including phenoxy) is 5. The van der Waals surface area contributed by atoms with Crippen LogP contribution in [0.4, 0.5) is 0 Å². The van der Waals surface area contributed by atoms with Gasteiger partial charge in [0.1, 0.15) is 36.6 Å². The molecule has 0 amide bonds. The van der Waals surface area contributed by atoms with Crippen molar-refractivity contribution >= 4 is 12.0 Å². The maximum absolute atomic E-state index is 12.6. The highest BCUT2D eigenvalue weighted by molar-refractivity contribution is 5.87. The van der Waals surface area contributed by atoms with Gasteiger partial charge in [-0.25, -0.2) is 4.79 Å². The standard InChI is InChI=1S/C29H36O15/c1-13-22(35)24(37)25(38)28(42-13)41-12-20-23(36)27(44-21(34)7-4-14-2-5-16(30)18(32)10-14)26(39)29(43-20)40-9-8-15-3-6-17(31)19(33)11-15/h2-7,10-11,13,20,22-33,35-39H,8-9,12H2,1H3/t13-,20+,22-,23+,24-,25+,26+,27?,28+,29+/m0/s1. The van der Waals surface area contributed by atoms with Crippen LogP contribution in [0, 0.1) is 0 Å². The van der Waals surface area contributed by atoms with Gasteiger partial charge in [-0.05, 0) is 54.8 Å². The molecule has 4 rings (SSSR count). The van der Waals surface area contributed by atoms with E-state index in [1.165, 1.54) is 43.3 Å². The van der Waals surface area contributed by atoms with Crippen LogP contribution in [-0.2, 0) is 34.9 Å². The van der Waals surface area contributed by atoms with Gasteiger partial charge in [0.15, 0.2) is 41.7 Å². The first-order chi connectivity index (χ1) is 20.8. The third-order valence-corrected chi connectivity index (χ3v) is 7.25. The molecular weight excluding hydrogens is 588 g/mol. The number of rotatable bonds is 10. The smallest absolute Gasteiger partial charge is 0.331 e. The molecule has 0 saturated carbocycles. The molecule has 2 fully saturated rings. The van der Waals surface area contributed by atoms with E-state index >= 15 is 0 Å². The van der Waals surface area contributed by atoms with Gasteiger partial charge in [0.2, 0.25) is 0 Å². The summed E-state index contributed by atoms with van der Waals surface area (Å²) in [5.74, 6) is -2.39. The predicted octanol–water partition coefficient (Wildman–Crippen LogP) is -1.02. The Kier molecular flexibility index (Phi) is 11.0. The lowest BCUT2D eigenvalue weighted by molar-refractivity contribution is -0.328. The van der Waals surface area contributed by atoms with Crippen molar-refractivity contribution in [1.29, 1.82) is 0 Å². The number of hydrogen-bond donors (Lipinski definition) is 9. The Morgan fingerprint density at radius 2 is 1.43 bits per heavy atom. The molecule has 2 aliphatic rings. The summed E-state index contributed by atoms with van der Waals surface area (Å²) in [6, 6.07) is 7.99. The summed E-state index contributed by atoms with van der Waals surface area (Å²) in [6.45, 7) is 0.888. The molecule has 2 aliphatic heterocycles. The summed E-state index contributed by atoms with van der Waals surface area (Å²) in [7, 11) is 0. The number of benzene rings is 2. The zero-order valence-corrected chi connectivity index (χ0v) is 23.5. The first-order valence-electron chi connectivity index (χ1n) is 13.7. The normalized spacial score (nSPS) is 32.5. The number of phenols is 4. The van der Waals surface area contributed by atoms with Crippen LogP contribution in [0.5, 0.6) is 23.0 Å². The fraction of sp³-hybridized carbons (Fsp3) is 0.483. The van der Waals surface area contributed by atoms with E-state index in [0.717, 1.165) is 6.08 Å². The van der Waals surface area contributed by atoms with Crippen LogP contribution in [0.3, 0.4) is 0 Å². The van der Waals surface area contributed by atoms with E-state index in [-0.39, 0.29) is 30.3 Å². The van der Waals surface area contributed by atoms with Crippen molar-refractivity contribution in [1.82, 2.24) is 0 Å². The van der Waals surface area contributed by atoms with Gasteiger partial charge >= 0.3 is 5.97 Å². The second-order valence-electron chi connectivity index (χ2n) is 10.5. The van der Waals surface area contributed by atoms with Crippen molar-refractivity contribution in [3.63, 3.8) is 0 Å². The van der Waals surface area contributed by atoms with E-state index in [4.69, 9.17) is 23.7 Å². The van der Waals surface area contributed by atoms with Crippen molar-refractivity contribution in [2.75, 3.05) is 13.2 Å². The van der Waals surface area contributed by atoms with Crippen LogP contribution in [0.1, 0.15) is 18.1 Å². The molecule has 15 heteroatoms. The van der Waals surface area contributed by atoms with Crippen LogP contribution in [0.2, 0.25) is 0 Å². The van der Waals surface area contributed by atoms with Gasteiger partial charge in [0.25, 0.3) is 0 Å². The zero-order valence-electron chi connectivity index (χ0n) is 23.5. The molecule has 1 unspecified atom stereocenters. The minimum atomic E-state index is -1.70. The molecule has 2 aromatic rings. The molecule has 0 aliphatic carbocycles. The number of carbonyl (C=O) groups excluding carboxylic acids is 1. The first-order valence-corrected chi connectivity index (χ1v) is 13.7. The van der Waals surface area contributed by atoms with Gasteiger partial charge in [-0.1, -0.05) is 12.1 Å². The lowest BCUT2D eigenvalue weighted by atomic mass is 9.98. The molecule has 44 heavy (non-hydrogen) atoms. The van der Waals surface area contributed by atoms with E-state index in [9.17, 15) is 50.8 Å². The highest BCUT2D eigenvalue weighted by atomic mass is 16.7. The Morgan fingerprint density at radius 3 is 2.11 bits per heavy atom. The monoisotopic (exact) mass is 624 g/mol. The molecule has 2 saturated heterocycles. The van der Waals surface area contributed by atoms with Crippen LogP contribution in [-0.4, -0.2) is 127 Å². The minimum absolute atomic E-state index is 0.0768. The summed E-state index contributed by atoms with van der Waals surface area (Å²) in [6.07, 6.45) is -12.2. The van der Waals surface area contributed by atoms with Crippen molar-refractivity contribution in [3.8, 4) is 23.0 Å². The van der Waals surface area contributed by atoms with Crippen molar-refractivity contribution in [3.05, 3.63) is 53.6 Å². The molecule has 0 aromatic heterocycles. The summed E-state index contributed by atoms with van der Waals surface area (Å²) in [4.78, 5) is 12.6. The quantitative estimate of drug-likeness (QED) is 0.0873. The molecule has 0 spiro atoms. The minimum Gasteiger partial charge on any atom is -0.504 e. The molecular formula is C29H36O15. The second-order valence-corrected chi connectivity index (χ2v) is 10.5. The van der Waals surface area contributed by atoms with Crippen molar-refractivity contribution in [2.45, 2.75) is 74.8 Å². The summed E-state index contributed by atoms with van der Waals surface area (Å²) < 4.78 is 27.7. The fourth-order valence-corrected chi connectivity index (χ4v) is 4.66. The number of carbonyl (C=O) groups is 1. The number of aliphatic hydroxyl groups excluding tert-OH is 5. The highest BCUT2D eigenvalue weighted by Gasteiger charge is 2.49. The summed E-state index contributed by atoms with van der Waals surface area (Å²) in [5, 5.41) is 90.5. The van der Waals surface area contributed by atoms with Crippen LogP contribution in [0.25, 0.3) is 6.08 Å². The summed E-state index contributed by atoms with van der Waals surface area (Å²) >= 11 is 0. The van der Waals surface area contributed by atoms with Crippen LogP contribution in [0.15, 0.2) is 42.5 Å². The molecule has 9 N–H and O–H groups in total. The van der Waals surface area contributed by atoms with Gasteiger partial charge in [-0.3, -0.25) is 0 Å². The molecule has 15 nitrogen and oxygen atoms in total. The summed E-state index contributed by atoms with van der Waals surface area (Å²) in [5.41, 5.74) is 0.919. The largest absolute Gasteiger partial charge is 0.504 e. The third kappa shape index (κ3) is 7.95. The lowest BCUT2D eigenvalue weighted by Gasteiger charge is -2.43. The maximum atomic E-state index is 12.6. The average molecular weight is 625 g/mol. The SMILES string of the molecule is C[C@@H]1O[C@@H](OC[C@H]2O[C@@H](OCCc3ccc(O)c(O)c3)[C@H](O)C(OC(=O)C=Cc3ccc(O)c(O)c3)[C@@H]2O)[C@H](O)[C@@H](O)[C@H]1O. The lowest BCUT2D eigenvalue weighted by Crippen LogP contribution is -2.62. The van der Waals surface area contributed by atoms with E-state index in [1.54, 1.807) is 6.07 Å². The fourth-order valence-electron chi connectivity index (χ4n) is 4.66.